The molecule has 1 aromatic carbocycles. The summed E-state index contributed by atoms with van der Waals surface area (Å²) in [5.41, 5.74) is 6.82. The third-order valence-electron chi connectivity index (χ3n) is 3.45. The van der Waals surface area contributed by atoms with E-state index < -0.39 is 0 Å². The van der Waals surface area contributed by atoms with E-state index in [-0.39, 0.29) is 6.04 Å². The molecule has 5 heteroatoms. The van der Waals surface area contributed by atoms with Gasteiger partial charge in [0.2, 0.25) is 0 Å². The summed E-state index contributed by atoms with van der Waals surface area (Å²) in [6, 6.07) is 7.49. The highest BCUT2D eigenvalue weighted by Crippen LogP contribution is 2.33. The highest BCUT2D eigenvalue weighted by molar-refractivity contribution is 5.46. The zero-order chi connectivity index (χ0) is 15.4. The standard InChI is InChI=1S/C16H21N3O2/c1-10-7-11(2)15(18-9-10)16(19-17)13-6-5-12(20-3)8-14(13)21-4/h5-9,16,19H,17H2,1-4H3. The average molecular weight is 287 g/mol. The highest BCUT2D eigenvalue weighted by Gasteiger charge is 2.20. The maximum Gasteiger partial charge on any atom is 0.127 e. The number of ether oxygens (including phenoxy) is 2. The van der Waals surface area contributed by atoms with Gasteiger partial charge in [-0.25, -0.2) is 5.43 Å². The summed E-state index contributed by atoms with van der Waals surface area (Å²) >= 11 is 0. The summed E-state index contributed by atoms with van der Waals surface area (Å²) in [6.07, 6.45) is 1.84. The van der Waals surface area contributed by atoms with Gasteiger partial charge in [0.05, 0.1) is 26.0 Å². The van der Waals surface area contributed by atoms with Crippen molar-refractivity contribution in [3.8, 4) is 11.5 Å². The number of rotatable bonds is 5. The Kier molecular flexibility index (Phi) is 4.77. The molecular formula is C16H21N3O2. The van der Waals surface area contributed by atoms with Crippen LogP contribution in [0, 0.1) is 13.8 Å². The van der Waals surface area contributed by atoms with Gasteiger partial charge in [-0.2, -0.15) is 0 Å². The Morgan fingerprint density at radius 1 is 1.14 bits per heavy atom. The van der Waals surface area contributed by atoms with Crippen LogP contribution in [0.1, 0.15) is 28.4 Å². The number of hydrogen-bond acceptors (Lipinski definition) is 5. The Balaban J connectivity index is 2.50. The van der Waals surface area contributed by atoms with E-state index in [1.165, 1.54) is 0 Å². The number of nitrogens with two attached hydrogens (primary N) is 1. The van der Waals surface area contributed by atoms with Gasteiger partial charge < -0.3 is 9.47 Å². The number of nitrogens with one attached hydrogen (secondary N) is 1. The van der Waals surface area contributed by atoms with Crippen LogP contribution in [0.3, 0.4) is 0 Å². The number of hydrazine groups is 1. The second-order valence-electron chi connectivity index (χ2n) is 4.92. The van der Waals surface area contributed by atoms with Crippen LogP contribution in [0.4, 0.5) is 0 Å². The predicted octanol–water partition coefficient (Wildman–Crippen LogP) is 2.27. The van der Waals surface area contributed by atoms with E-state index >= 15 is 0 Å². The van der Waals surface area contributed by atoms with Gasteiger partial charge in [0.25, 0.3) is 0 Å². The van der Waals surface area contributed by atoms with Crippen molar-refractivity contribution in [2.45, 2.75) is 19.9 Å². The van der Waals surface area contributed by atoms with E-state index in [1.54, 1.807) is 14.2 Å². The smallest absolute Gasteiger partial charge is 0.127 e. The number of nitrogens with zero attached hydrogens (tertiary/aromatic N) is 1. The molecule has 2 rings (SSSR count). The third-order valence-corrected chi connectivity index (χ3v) is 3.45. The molecule has 0 fully saturated rings. The number of methoxy groups -OCH3 is 2. The summed E-state index contributed by atoms with van der Waals surface area (Å²) < 4.78 is 10.7. The first-order chi connectivity index (χ1) is 10.1. The molecule has 0 saturated carbocycles. The van der Waals surface area contributed by atoms with E-state index in [9.17, 15) is 0 Å². The van der Waals surface area contributed by atoms with Crippen LogP contribution in [-0.2, 0) is 0 Å². The molecule has 1 atom stereocenters. The van der Waals surface area contributed by atoms with Crippen LogP contribution in [0.2, 0.25) is 0 Å². The lowest BCUT2D eigenvalue weighted by Gasteiger charge is -2.21. The van der Waals surface area contributed by atoms with Crippen LogP contribution in [0.25, 0.3) is 0 Å². The maximum absolute atomic E-state index is 5.76. The summed E-state index contributed by atoms with van der Waals surface area (Å²) in [6.45, 7) is 4.04. The van der Waals surface area contributed by atoms with Crippen molar-refractivity contribution in [1.82, 2.24) is 10.4 Å². The van der Waals surface area contributed by atoms with Crippen molar-refractivity contribution in [3.63, 3.8) is 0 Å². The van der Waals surface area contributed by atoms with E-state index in [2.05, 4.69) is 16.5 Å². The van der Waals surface area contributed by atoms with Gasteiger partial charge in [-0.3, -0.25) is 10.8 Å². The fourth-order valence-electron chi connectivity index (χ4n) is 2.40. The molecule has 1 unspecified atom stereocenters. The number of benzene rings is 1. The summed E-state index contributed by atoms with van der Waals surface area (Å²) in [5, 5.41) is 0. The second-order valence-corrected chi connectivity index (χ2v) is 4.92. The lowest BCUT2D eigenvalue weighted by Crippen LogP contribution is -2.30. The quantitative estimate of drug-likeness (QED) is 0.652. The summed E-state index contributed by atoms with van der Waals surface area (Å²) in [7, 11) is 3.25. The van der Waals surface area contributed by atoms with Gasteiger partial charge in [-0.05, 0) is 37.1 Å². The molecule has 0 radical (unpaired) electrons. The summed E-state index contributed by atoms with van der Waals surface area (Å²) in [5.74, 6) is 7.20. The molecule has 3 N–H and O–H groups in total. The van der Waals surface area contributed by atoms with Crippen molar-refractivity contribution in [3.05, 3.63) is 52.8 Å². The van der Waals surface area contributed by atoms with Crippen molar-refractivity contribution in [1.29, 1.82) is 0 Å². The normalized spacial score (nSPS) is 12.0. The zero-order valence-corrected chi connectivity index (χ0v) is 12.8. The van der Waals surface area contributed by atoms with Crippen molar-refractivity contribution in [2.24, 2.45) is 5.84 Å². The molecule has 0 aliphatic carbocycles. The van der Waals surface area contributed by atoms with Gasteiger partial charge in [-0.1, -0.05) is 6.07 Å². The first-order valence-corrected chi connectivity index (χ1v) is 6.72. The van der Waals surface area contributed by atoms with Gasteiger partial charge in [0.15, 0.2) is 0 Å². The van der Waals surface area contributed by atoms with E-state index in [0.29, 0.717) is 5.75 Å². The Morgan fingerprint density at radius 2 is 1.90 bits per heavy atom. The minimum atomic E-state index is -0.244. The molecule has 1 heterocycles. The molecule has 0 spiro atoms. The van der Waals surface area contributed by atoms with Crippen LogP contribution < -0.4 is 20.7 Å². The fourth-order valence-corrected chi connectivity index (χ4v) is 2.40. The molecule has 112 valence electrons. The van der Waals surface area contributed by atoms with E-state index in [4.69, 9.17) is 15.3 Å². The molecule has 0 amide bonds. The van der Waals surface area contributed by atoms with Crippen LogP contribution in [0.15, 0.2) is 30.5 Å². The Morgan fingerprint density at radius 3 is 2.48 bits per heavy atom. The Bertz CT molecular complexity index is 629. The third kappa shape index (κ3) is 3.15. The zero-order valence-electron chi connectivity index (χ0n) is 12.8. The van der Waals surface area contributed by atoms with Gasteiger partial charge in [0.1, 0.15) is 11.5 Å². The second kappa shape index (κ2) is 6.56. The average Bonchev–Trinajstić information content (AvgIpc) is 2.50. The minimum Gasteiger partial charge on any atom is -0.497 e. The molecule has 2 aromatic rings. The Labute approximate surface area is 125 Å². The van der Waals surface area contributed by atoms with E-state index in [1.807, 2.05) is 38.2 Å². The van der Waals surface area contributed by atoms with Crippen molar-refractivity contribution >= 4 is 0 Å². The largest absolute Gasteiger partial charge is 0.497 e. The SMILES string of the molecule is COc1ccc(C(NN)c2ncc(C)cc2C)c(OC)c1. The number of pyridine rings is 1. The number of hydrogen-bond donors (Lipinski definition) is 2. The Hall–Kier alpha value is -2.11. The molecule has 5 nitrogen and oxygen atoms in total. The van der Waals surface area contributed by atoms with Gasteiger partial charge >= 0.3 is 0 Å². The highest BCUT2D eigenvalue weighted by atomic mass is 16.5. The van der Waals surface area contributed by atoms with Crippen LogP contribution in [-0.4, -0.2) is 19.2 Å². The predicted molar refractivity (Wildman–Crippen MR) is 82.4 cm³/mol. The molecule has 0 aliphatic heterocycles. The van der Waals surface area contributed by atoms with Gasteiger partial charge in [-0.15, -0.1) is 0 Å². The minimum absolute atomic E-state index is 0.244. The fraction of sp³-hybridized carbons (Fsp3) is 0.312. The lowest BCUT2D eigenvalue weighted by molar-refractivity contribution is 0.387. The molecule has 0 saturated heterocycles. The molecule has 0 aliphatic rings. The molecule has 21 heavy (non-hydrogen) atoms. The first kappa shape index (κ1) is 15.3. The first-order valence-electron chi connectivity index (χ1n) is 6.72. The van der Waals surface area contributed by atoms with Crippen molar-refractivity contribution in [2.75, 3.05) is 14.2 Å². The van der Waals surface area contributed by atoms with Crippen LogP contribution in [0.5, 0.6) is 11.5 Å². The molecule has 0 bridgehead atoms. The molecular weight excluding hydrogens is 266 g/mol. The van der Waals surface area contributed by atoms with E-state index in [0.717, 1.165) is 28.1 Å². The monoisotopic (exact) mass is 287 g/mol. The summed E-state index contributed by atoms with van der Waals surface area (Å²) in [4.78, 5) is 4.51. The lowest BCUT2D eigenvalue weighted by atomic mass is 9.98. The number of aromatic nitrogens is 1. The topological polar surface area (TPSA) is 69.4 Å². The van der Waals surface area contributed by atoms with Crippen molar-refractivity contribution < 1.29 is 9.47 Å². The number of aryl methyl sites for hydroxylation is 2. The van der Waals surface area contributed by atoms with Crippen LogP contribution >= 0.6 is 0 Å². The van der Waals surface area contributed by atoms with Gasteiger partial charge in [0, 0.05) is 17.8 Å². The molecule has 1 aromatic heterocycles. The maximum atomic E-state index is 5.76.